The molecule has 0 spiro atoms. The van der Waals surface area contributed by atoms with E-state index in [2.05, 4.69) is 45.8 Å². The van der Waals surface area contributed by atoms with E-state index in [4.69, 9.17) is 11.6 Å². The maximum Gasteiger partial charge on any atom is 0.236 e. The van der Waals surface area contributed by atoms with Gasteiger partial charge in [-0.05, 0) is 24.1 Å². The lowest BCUT2D eigenvalue weighted by molar-refractivity contribution is -0.113. The Kier molecular flexibility index (Phi) is 5.95. The zero-order chi connectivity index (χ0) is 18.7. The number of anilines is 1. The van der Waals surface area contributed by atoms with Crippen LogP contribution in [0.4, 0.5) is 5.82 Å². The van der Waals surface area contributed by atoms with Crippen LogP contribution in [0.15, 0.2) is 34.9 Å². The molecular weight excluding hydrogens is 390 g/mol. The van der Waals surface area contributed by atoms with Crippen LogP contribution in [0.3, 0.4) is 0 Å². The summed E-state index contributed by atoms with van der Waals surface area (Å²) in [6.07, 6.45) is 1.49. The van der Waals surface area contributed by atoms with Crippen molar-refractivity contribution < 1.29 is 4.79 Å². The van der Waals surface area contributed by atoms with Gasteiger partial charge in [-0.25, -0.2) is 4.98 Å². The second kappa shape index (κ2) is 8.20. The largest absolute Gasteiger partial charge is 0.310 e. The molecule has 0 fully saturated rings. The Morgan fingerprint density at radius 1 is 1.38 bits per heavy atom. The Balaban J connectivity index is 1.62. The van der Waals surface area contributed by atoms with Gasteiger partial charge in [0.15, 0.2) is 11.0 Å². The van der Waals surface area contributed by atoms with Gasteiger partial charge in [0.1, 0.15) is 5.82 Å². The number of rotatable bonds is 6. The van der Waals surface area contributed by atoms with Gasteiger partial charge in [0.2, 0.25) is 5.91 Å². The van der Waals surface area contributed by atoms with E-state index >= 15 is 0 Å². The van der Waals surface area contributed by atoms with E-state index < -0.39 is 0 Å². The number of hydrogen-bond acceptors (Lipinski definition) is 6. The van der Waals surface area contributed by atoms with Crippen LogP contribution in [0.5, 0.6) is 0 Å². The smallest absolute Gasteiger partial charge is 0.236 e. The minimum Gasteiger partial charge on any atom is -0.310 e. The van der Waals surface area contributed by atoms with Crippen LogP contribution in [0.1, 0.15) is 24.6 Å². The van der Waals surface area contributed by atoms with Crippen molar-refractivity contribution in [1.29, 1.82) is 0 Å². The molecule has 3 aromatic rings. The van der Waals surface area contributed by atoms with Crippen molar-refractivity contribution in [2.75, 3.05) is 11.1 Å². The molecule has 3 heterocycles. The van der Waals surface area contributed by atoms with E-state index in [1.54, 1.807) is 23.5 Å². The number of carbonyl (C=O) groups is 1. The molecule has 0 aliphatic carbocycles. The van der Waals surface area contributed by atoms with Gasteiger partial charge < -0.3 is 9.88 Å². The minimum atomic E-state index is -0.160. The molecule has 3 aromatic heterocycles. The molecule has 0 radical (unpaired) electrons. The summed E-state index contributed by atoms with van der Waals surface area (Å²) in [5, 5.41) is 14.5. The molecular formula is C17H18ClN5OS2. The number of aromatic nitrogens is 4. The van der Waals surface area contributed by atoms with Gasteiger partial charge in [-0.3, -0.25) is 4.79 Å². The van der Waals surface area contributed by atoms with E-state index in [1.807, 2.05) is 11.6 Å². The summed E-state index contributed by atoms with van der Waals surface area (Å²) < 4.78 is 1.91. The number of hydrogen-bond donors (Lipinski definition) is 1. The average molecular weight is 408 g/mol. The highest BCUT2D eigenvalue weighted by molar-refractivity contribution is 7.99. The van der Waals surface area contributed by atoms with Crippen LogP contribution in [0, 0.1) is 0 Å². The van der Waals surface area contributed by atoms with Crippen molar-refractivity contribution in [1.82, 2.24) is 19.7 Å². The zero-order valence-electron chi connectivity index (χ0n) is 14.6. The third-order valence-electron chi connectivity index (χ3n) is 3.61. The zero-order valence-corrected chi connectivity index (χ0v) is 17.0. The number of pyridine rings is 1. The van der Waals surface area contributed by atoms with Gasteiger partial charge in [-0.1, -0.05) is 37.2 Å². The van der Waals surface area contributed by atoms with Crippen molar-refractivity contribution >= 4 is 46.4 Å². The Labute approximate surface area is 165 Å². The maximum atomic E-state index is 12.1. The molecule has 0 aliphatic heterocycles. The van der Waals surface area contributed by atoms with Gasteiger partial charge in [0, 0.05) is 29.1 Å². The molecule has 9 heteroatoms. The number of nitrogens with zero attached hydrogens (tertiary/aromatic N) is 4. The van der Waals surface area contributed by atoms with Crippen molar-refractivity contribution in [3.63, 3.8) is 0 Å². The second-order valence-corrected chi connectivity index (χ2v) is 8.28. The van der Waals surface area contributed by atoms with E-state index in [9.17, 15) is 4.79 Å². The van der Waals surface area contributed by atoms with Crippen LogP contribution in [0.25, 0.3) is 11.4 Å². The lowest BCUT2D eigenvalue weighted by Crippen LogP contribution is -2.15. The van der Waals surface area contributed by atoms with Gasteiger partial charge in [-0.15, -0.1) is 21.5 Å². The second-order valence-electron chi connectivity index (χ2n) is 5.96. The van der Waals surface area contributed by atoms with Crippen LogP contribution in [-0.4, -0.2) is 31.4 Å². The monoisotopic (exact) mass is 407 g/mol. The first-order valence-corrected chi connectivity index (χ1v) is 10.2. The van der Waals surface area contributed by atoms with E-state index in [0.717, 1.165) is 11.4 Å². The quantitative estimate of drug-likeness (QED) is 0.611. The molecule has 0 saturated carbocycles. The summed E-state index contributed by atoms with van der Waals surface area (Å²) in [6, 6.07) is 5.49. The number of nitrogens with one attached hydrogen (secondary N) is 1. The summed E-state index contributed by atoms with van der Waals surface area (Å²) in [5.74, 6) is 1.82. The topological polar surface area (TPSA) is 72.7 Å². The van der Waals surface area contributed by atoms with Gasteiger partial charge in [-0.2, -0.15) is 0 Å². The lowest BCUT2D eigenvalue weighted by Gasteiger charge is -2.05. The van der Waals surface area contributed by atoms with Gasteiger partial charge in [0.25, 0.3) is 0 Å². The van der Waals surface area contributed by atoms with E-state index in [-0.39, 0.29) is 11.7 Å². The fourth-order valence-corrected chi connectivity index (χ4v) is 3.95. The van der Waals surface area contributed by atoms with E-state index in [0.29, 0.717) is 21.9 Å². The molecule has 0 saturated heterocycles. The highest BCUT2D eigenvalue weighted by Gasteiger charge is 2.15. The van der Waals surface area contributed by atoms with Crippen molar-refractivity contribution in [3.05, 3.63) is 39.7 Å². The van der Waals surface area contributed by atoms with Crippen LogP contribution in [0.2, 0.25) is 5.02 Å². The Bertz CT molecular complexity index is 904. The molecule has 1 amide bonds. The number of thioether (sulfide) groups is 1. The molecule has 3 rings (SSSR count). The molecule has 1 N–H and O–H groups in total. The minimum absolute atomic E-state index is 0.160. The summed E-state index contributed by atoms with van der Waals surface area (Å²) in [5.41, 5.74) is 1.05. The highest BCUT2D eigenvalue weighted by atomic mass is 35.5. The first kappa shape index (κ1) is 18.9. The first-order valence-electron chi connectivity index (χ1n) is 7.96. The van der Waals surface area contributed by atoms with Gasteiger partial charge in [0.05, 0.1) is 10.8 Å². The maximum absolute atomic E-state index is 12.1. The fourth-order valence-electron chi connectivity index (χ4n) is 2.22. The molecule has 0 unspecified atom stereocenters. The third kappa shape index (κ3) is 4.44. The predicted molar refractivity (Wildman–Crippen MR) is 107 cm³/mol. The summed E-state index contributed by atoms with van der Waals surface area (Å²) in [6.45, 7) is 4.34. The molecule has 6 nitrogen and oxygen atoms in total. The molecule has 0 atom stereocenters. The molecule has 136 valence electrons. The van der Waals surface area contributed by atoms with Crippen molar-refractivity contribution in [2.45, 2.75) is 24.9 Å². The number of thiophene rings is 1. The molecule has 26 heavy (non-hydrogen) atoms. The van der Waals surface area contributed by atoms with Gasteiger partial charge >= 0.3 is 0 Å². The normalized spacial score (nSPS) is 11.1. The first-order chi connectivity index (χ1) is 12.4. The summed E-state index contributed by atoms with van der Waals surface area (Å²) >= 11 is 8.84. The van der Waals surface area contributed by atoms with E-state index in [1.165, 1.54) is 22.8 Å². The highest BCUT2D eigenvalue weighted by Crippen LogP contribution is 2.30. The average Bonchev–Trinajstić information content (AvgIpc) is 3.22. The number of halogens is 1. The Morgan fingerprint density at radius 3 is 2.85 bits per heavy atom. The Hall–Kier alpha value is -1.90. The van der Waals surface area contributed by atoms with Crippen molar-refractivity contribution in [3.8, 4) is 11.4 Å². The number of amides is 1. The van der Waals surface area contributed by atoms with Crippen molar-refractivity contribution in [2.24, 2.45) is 7.05 Å². The molecule has 0 aliphatic rings. The molecule has 0 aromatic carbocycles. The summed E-state index contributed by atoms with van der Waals surface area (Å²) in [7, 11) is 1.91. The number of carbonyl (C=O) groups excluding carboxylic acids is 1. The molecule has 0 bridgehead atoms. The predicted octanol–water partition coefficient (Wildman–Crippen LogP) is 4.45. The summed E-state index contributed by atoms with van der Waals surface area (Å²) in [4.78, 5) is 17.4. The Morgan fingerprint density at radius 2 is 2.19 bits per heavy atom. The van der Waals surface area contributed by atoms with Crippen LogP contribution >= 0.6 is 34.7 Å². The fraction of sp³-hybridized carbons (Fsp3) is 0.294. The lowest BCUT2D eigenvalue weighted by atomic mass is 10.1. The third-order valence-corrected chi connectivity index (χ3v) is 6.09. The van der Waals surface area contributed by atoms with Crippen LogP contribution in [-0.2, 0) is 11.8 Å². The SMILES string of the molecule is CC(C)c1cc(-c2nnc(SCC(=O)Nc3ccc(Cl)cn3)n2C)cs1. The standard InChI is InChI=1S/C17H18ClN5OS2/c1-10(2)13-6-11(8-25-13)16-21-22-17(23(16)3)26-9-15(24)20-14-5-4-12(18)7-19-14/h4-8,10H,9H2,1-3H3,(H,19,20,24). The van der Waals surface area contributed by atoms with Crippen LogP contribution < -0.4 is 5.32 Å².